The van der Waals surface area contributed by atoms with Gasteiger partial charge in [-0.3, -0.25) is 32.5 Å². The topological polar surface area (TPSA) is 273 Å². The van der Waals surface area contributed by atoms with Gasteiger partial charge in [0.15, 0.2) is 36.3 Å². The van der Waals surface area contributed by atoms with E-state index < -0.39 is 94.3 Å². The number of nitrogens with one attached hydrogen (secondary N) is 1. The Kier molecular flexibility index (Phi) is 18.9. The third kappa shape index (κ3) is 13.6. The number of alkyl halides is 2. The highest BCUT2D eigenvalue weighted by atomic mass is 32.7. The van der Waals surface area contributed by atoms with Gasteiger partial charge in [-0.25, -0.2) is 37.9 Å². The number of imidazole rings is 1. The molecule has 72 heavy (non-hydrogen) atoms. The summed E-state index contributed by atoms with van der Waals surface area (Å²) in [4.78, 5) is 64.9. The molecular weight excluding hydrogens is 1010 g/mol. The summed E-state index contributed by atoms with van der Waals surface area (Å²) < 4.78 is 108. The van der Waals surface area contributed by atoms with Crippen LogP contribution in [0.3, 0.4) is 0 Å². The first-order valence-electron chi connectivity index (χ1n) is 23.3. The van der Waals surface area contributed by atoms with Crippen LogP contribution in [0.5, 0.6) is 11.5 Å². The summed E-state index contributed by atoms with van der Waals surface area (Å²) in [7, 11) is -5.49. The van der Waals surface area contributed by atoms with Gasteiger partial charge < -0.3 is 38.6 Å². The molecule has 3 aliphatic heterocycles. The van der Waals surface area contributed by atoms with Gasteiger partial charge in [0.05, 0.1) is 31.7 Å². The van der Waals surface area contributed by atoms with E-state index in [1.807, 2.05) is 4.98 Å². The number of unbranched alkanes of at least 4 members (excludes halogenated alkanes) is 9. The molecule has 3 saturated heterocycles. The van der Waals surface area contributed by atoms with Crippen molar-refractivity contribution in [3.8, 4) is 11.5 Å². The van der Waals surface area contributed by atoms with Gasteiger partial charge in [-0.2, -0.15) is 0 Å². The molecule has 0 spiro atoms. The molecular formula is C46H57F2N7O14P2S. The zero-order valence-corrected chi connectivity index (χ0v) is 42.1. The van der Waals surface area contributed by atoms with Crippen LogP contribution in [0.15, 0.2) is 83.0 Å². The lowest BCUT2D eigenvalue weighted by Gasteiger charge is -2.32. The molecule has 0 bridgehead atoms. The molecule has 3 aromatic heterocycles. The number of phosphoric acid groups is 1. The zero-order valence-electron chi connectivity index (χ0n) is 39.5. The SMILES string of the molecule is CCCCCCCCCCCCOc1ccc(C(=O)Oc2ccc(CSP3(=O)OC[C@H]4O[C@@H](n5cnc6c(N)ncnc65)[C@H](F)[C@@H]4OP(=O)([O-])OC[C@H]4O[C@@H](n5ccc(=O)[nH]c5=O)[C@H](F)[C@@H]4O3)cc2)cc1.[CH3+]. The fourth-order valence-electron chi connectivity index (χ4n) is 8.24. The molecule has 21 nitrogen and oxygen atoms in total. The molecule has 0 radical (unpaired) electrons. The molecule has 10 atom stereocenters. The minimum Gasteiger partial charge on any atom is -0.756 e. The number of aromatic amines is 1. The van der Waals surface area contributed by atoms with Crippen molar-refractivity contribution in [3.05, 3.63) is 113 Å². The Hall–Kier alpha value is -5.00. The number of carbonyl (C=O) groups is 1. The van der Waals surface area contributed by atoms with Crippen LogP contribution in [0, 0.1) is 7.43 Å². The van der Waals surface area contributed by atoms with Crippen LogP contribution >= 0.6 is 26.0 Å². The number of ether oxygens (including phenoxy) is 4. The minimum absolute atomic E-state index is 0. The molecule has 0 amide bonds. The Balaban J connectivity index is 0.00000760. The number of anilines is 1. The number of H-pyrrole nitrogens is 1. The number of halogens is 2. The van der Waals surface area contributed by atoms with Crippen LogP contribution in [-0.4, -0.2) is 91.6 Å². The van der Waals surface area contributed by atoms with Gasteiger partial charge >= 0.3 is 18.5 Å². The van der Waals surface area contributed by atoms with Crippen LogP contribution in [0.2, 0.25) is 0 Å². The third-order valence-electron chi connectivity index (χ3n) is 12.0. The van der Waals surface area contributed by atoms with Gasteiger partial charge in [-0.1, -0.05) is 76.8 Å². The molecule has 390 valence electrons. The van der Waals surface area contributed by atoms with Crippen LogP contribution in [0.25, 0.3) is 11.2 Å². The molecule has 3 N–H and O–H groups in total. The number of phosphoric ester groups is 1. The van der Waals surface area contributed by atoms with Crippen molar-refractivity contribution in [2.24, 2.45) is 0 Å². The van der Waals surface area contributed by atoms with E-state index in [9.17, 15) is 28.4 Å². The lowest BCUT2D eigenvalue weighted by atomic mass is 10.1. The summed E-state index contributed by atoms with van der Waals surface area (Å²) in [6, 6.07) is 13.7. The Labute approximate surface area is 417 Å². The molecule has 6 heterocycles. The van der Waals surface area contributed by atoms with Gasteiger partial charge in [-0.15, -0.1) is 0 Å². The van der Waals surface area contributed by atoms with E-state index in [0.717, 1.165) is 42.3 Å². The summed E-state index contributed by atoms with van der Waals surface area (Å²) >= 11 is 0.585. The van der Waals surface area contributed by atoms with Crippen LogP contribution in [0.1, 0.15) is 99.5 Å². The third-order valence-corrected chi connectivity index (χ3v) is 16.6. The summed E-state index contributed by atoms with van der Waals surface area (Å²) in [6.07, 6.45) is 0.139. The lowest BCUT2D eigenvalue weighted by molar-refractivity contribution is -0.235. The van der Waals surface area contributed by atoms with Crippen LogP contribution < -0.4 is 31.3 Å². The highest BCUT2D eigenvalue weighted by molar-refractivity contribution is 8.54. The van der Waals surface area contributed by atoms with E-state index in [1.165, 1.54) is 63.5 Å². The number of fused-ring (bicyclic) bond motifs is 3. The van der Waals surface area contributed by atoms with E-state index in [-0.39, 0.29) is 35.9 Å². The van der Waals surface area contributed by atoms with Crippen molar-refractivity contribution in [2.45, 2.75) is 126 Å². The second-order valence-corrected chi connectivity index (χ2v) is 22.5. The lowest BCUT2D eigenvalue weighted by Crippen LogP contribution is -2.38. The Morgan fingerprint density at radius 1 is 0.819 bits per heavy atom. The second-order valence-electron chi connectivity index (χ2n) is 17.1. The fourth-order valence-corrected chi connectivity index (χ4v) is 12.6. The molecule has 8 rings (SSSR count). The highest BCUT2D eigenvalue weighted by Gasteiger charge is 2.54. The summed E-state index contributed by atoms with van der Waals surface area (Å²) in [5.74, 6) is 0.0677. The molecule has 2 unspecified atom stereocenters. The molecule has 5 aromatic rings. The number of nitrogens with two attached hydrogens (primary N) is 1. The van der Waals surface area contributed by atoms with Crippen molar-refractivity contribution in [2.75, 3.05) is 25.6 Å². The van der Waals surface area contributed by atoms with Gasteiger partial charge in [0.2, 0.25) is 0 Å². The number of nitrogens with zero attached hydrogens (tertiary/aromatic N) is 5. The maximum absolute atomic E-state index is 16.5. The Morgan fingerprint density at radius 2 is 1.43 bits per heavy atom. The number of rotatable bonds is 19. The van der Waals surface area contributed by atoms with E-state index in [4.69, 9.17) is 42.8 Å². The number of carbonyl (C=O) groups excluding carboxylic acids is 1. The standard InChI is InChI=1S/C45H55F2N7O14P2S.CH3/c1-2-3-4-5-6-7-8-9-10-11-22-61-30-18-14-29(15-19-30)44(56)64-31-16-12-28(13-17-31)25-71-70(60)63-24-33-38(35(46)43(66-33)54-27-51-37-40(48)49-26-50-41(37)54)67-69(58,59)62-23-32-39(68-70)36(47)42(65-32)53-21-20-34(55)52-45(53)57;/h12-21,26-27,32-33,35-36,38-39,42-43H,2-11,22-25H2,1H3,(H,58,59)(H2,48,49,50)(H,52,55,57);1H3/q;+1/p-1/t32-,33-,35-,36-,38-,39-,42-,43-,70?;/m1./s1. The van der Waals surface area contributed by atoms with Crippen LogP contribution in [0.4, 0.5) is 14.6 Å². The van der Waals surface area contributed by atoms with E-state index in [2.05, 4.69) is 21.9 Å². The molecule has 3 fully saturated rings. The van der Waals surface area contributed by atoms with E-state index in [0.29, 0.717) is 39.4 Å². The molecule has 0 saturated carbocycles. The number of aromatic nitrogens is 6. The van der Waals surface area contributed by atoms with Gasteiger partial charge in [-0.05, 0) is 59.8 Å². The molecule has 2 aromatic carbocycles. The van der Waals surface area contributed by atoms with Crippen molar-refractivity contribution >= 4 is 49.0 Å². The maximum Gasteiger partial charge on any atom is 0.389 e. The van der Waals surface area contributed by atoms with Crippen molar-refractivity contribution in [1.82, 2.24) is 29.1 Å². The first-order valence-corrected chi connectivity index (χ1v) is 27.9. The predicted molar refractivity (Wildman–Crippen MR) is 258 cm³/mol. The molecule has 3 aliphatic rings. The summed E-state index contributed by atoms with van der Waals surface area (Å²) in [5.41, 5.74) is 4.99. The van der Waals surface area contributed by atoms with Crippen molar-refractivity contribution in [3.63, 3.8) is 0 Å². The smallest absolute Gasteiger partial charge is 0.389 e. The monoisotopic (exact) mass is 1060 g/mol. The minimum atomic E-state index is -5.49. The van der Waals surface area contributed by atoms with E-state index >= 15 is 8.78 Å². The summed E-state index contributed by atoms with van der Waals surface area (Å²) in [5, 5.41) is 0. The normalized spacial score (nSPS) is 27.5. The number of hydrogen-bond acceptors (Lipinski definition) is 19. The van der Waals surface area contributed by atoms with E-state index in [1.54, 1.807) is 36.4 Å². The summed E-state index contributed by atoms with van der Waals surface area (Å²) in [6.45, 7) is -3.72. The second kappa shape index (κ2) is 24.8. The van der Waals surface area contributed by atoms with Gasteiger partial charge in [0, 0.05) is 25.4 Å². The van der Waals surface area contributed by atoms with Crippen LogP contribution in [-0.2, 0) is 42.5 Å². The number of esters is 1. The predicted octanol–water partition coefficient (Wildman–Crippen LogP) is 7.73. The highest BCUT2D eigenvalue weighted by Crippen LogP contribution is 2.64. The maximum atomic E-state index is 16.5. The number of nitrogen functional groups attached to an aromatic ring is 1. The average Bonchev–Trinajstić information content (AvgIpc) is 4.01. The average molecular weight is 1060 g/mol. The largest absolute Gasteiger partial charge is 0.756 e. The first kappa shape index (κ1) is 54.8. The zero-order chi connectivity index (χ0) is 50.1. The van der Waals surface area contributed by atoms with Gasteiger partial charge in [0.1, 0.15) is 47.8 Å². The number of hydrogen-bond donors (Lipinski definition) is 2. The first-order chi connectivity index (χ1) is 34.2. The fraction of sp³-hybridized carbons (Fsp3) is 0.500. The number of benzene rings is 2. The Bertz CT molecular complexity index is 2810. The Morgan fingerprint density at radius 3 is 2.10 bits per heavy atom. The quantitative estimate of drug-likeness (QED) is 0.0263. The van der Waals surface area contributed by atoms with Crippen molar-refractivity contribution < 1.29 is 64.6 Å². The molecule has 0 aliphatic carbocycles. The van der Waals surface area contributed by atoms with Gasteiger partial charge in [0.25, 0.3) is 13.4 Å². The molecule has 26 heteroatoms. The van der Waals surface area contributed by atoms with Crippen molar-refractivity contribution in [1.29, 1.82) is 0 Å².